The Morgan fingerprint density at radius 3 is 2.26 bits per heavy atom. The summed E-state index contributed by atoms with van der Waals surface area (Å²) in [7, 11) is 0. The Kier molecular flexibility index (Phi) is 5.86. The predicted octanol–water partition coefficient (Wildman–Crippen LogP) is 3.39. The third-order valence-electron chi connectivity index (χ3n) is 9.44. The molecule has 34 heavy (non-hydrogen) atoms. The van der Waals surface area contributed by atoms with Gasteiger partial charge in [0.05, 0.1) is 17.9 Å². The summed E-state index contributed by atoms with van der Waals surface area (Å²) in [6, 6.07) is 0. The maximum Gasteiger partial charge on any atom is 0.511 e. The van der Waals surface area contributed by atoms with Crippen molar-refractivity contribution < 1.29 is 44.0 Å². The van der Waals surface area contributed by atoms with Gasteiger partial charge in [-0.05, 0) is 63.4 Å². The Morgan fingerprint density at radius 1 is 1.03 bits per heavy atom. The fourth-order valence-corrected chi connectivity index (χ4v) is 7.74. The van der Waals surface area contributed by atoms with Crippen molar-refractivity contribution in [3.63, 3.8) is 0 Å². The summed E-state index contributed by atoms with van der Waals surface area (Å²) in [6.07, 6.45) is 1.56. The first kappa shape index (κ1) is 24.7. The van der Waals surface area contributed by atoms with E-state index < -0.39 is 58.6 Å². The molecule has 0 aromatic carbocycles. The van der Waals surface area contributed by atoms with E-state index in [4.69, 9.17) is 9.47 Å². The third kappa shape index (κ3) is 3.46. The Morgan fingerprint density at radius 2 is 1.68 bits per heavy atom. The lowest BCUT2D eigenvalue weighted by Gasteiger charge is -2.61. The fourth-order valence-electron chi connectivity index (χ4n) is 7.74. The van der Waals surface area contributed by atoms with E-state index in [9.17, 15) is 34.5 Å². The van der Waals surface area contributed by atoms with Gasteiger partial charge >= 0.3 is 18.1 Å². The molecule has 0 heterocycles. The van der Waals surface area contributed by atoms with Crippen molar-refractivity contribution in [2.45, 2.75) is 78.1 Å². The van der Waals surface area contributed by atoms with Gasteiger partial charge in [0.2, 0.25) is 5.79 Å². The second kappa shape index (κ2) is 8.07. The number of ketones is 1. The van der Waals surface area contributed by atoms with Gasteiger partial charge in [0, 0.05) is 23.7 Å². The molecule has 0 amide bonds. The van der Waals surface area contributed by atoms with Crippen LogP contribution in [0.15, 0.2) is 11.6 Å². The molecule has 0 aromatic heterocycles. The number of aliphatic carboxylic acids is 2. The fraction of sp³-hybridized carbons (Fsp3) is 0.760. The number of carbonyl (C=O) groups excluding carboxylic acids is 2. The molecule has 0 radical (unpaired) electrons. The Labute approximate surface area is 198 Å². The van der Waals surface area contributed by atoms with Gasteiger partial charge in [0.15, 0.2) is 5.78 Å². The molecule has 8 atom stereocenters. The lowest BCUT2D eigenvalue weighted by atomic mass is 9.43. The Bertz CT molecular complexity index is 954. The maximum absolute atomic E-state index is 12.4. The van der Waals surface area contributed by atoms with Crippen LogP contribution in [-0.4, -0.2) is 51.1 Å². The number of carbonyl (C=O) groups is 4. The van der Waals surface area contributed by atoms with Crippen LogP contribution >= 0.6 is 0 Å². The number of hydrogen-bond donors (Lipinski definition) is 3. The highest BCUT2D eigenvalue weighted by Crippen LogP contribution is 2.69. The number of carboxylic acids is 2. The molecule has 0 bridgehead atoms. The molecule has 4 aliphatic carbocycles. The number of aliphatic hydroxyl groups is 1. The summed E-state index contributed by atoms with van der Waals surface area (Å²) >= 11 is 0. The van der Waals surface area contributed by atoms with E-state index >= 15 is 0 Å². The van der Waals surface area contributed by atoms with E-state index in [1.54, 1.807) is 13.8 Å². The largest absolute Gasteiger partial charge is 0.511 e. The molecule has 9 heteroatoms. The molecule has 3 N–H and O–H groups in total. The topological polar surface area (TPSA) is 147 Å². The van der Waals surface area contributed by atoms with Crippen LogP contribution in [0.3, 0.4) is 0 Å². The van der Waals surface area contributed by atoms with Crippen molar-refractivity contribution in [2.24, 2.45) is 40.4 Å². The second-order valence-electron chi connectivity index (χ2n) is 11.3. The molecule has 0 aliphatic heterocycles. The van der Waals surface area contributed by atoms with Gasteiger partial charge in [0.1, 0.15) is 0 Å². The quantitative estimate of drug-likeness (QED) is 0.408. The number of allylic oxidation sites excluding steroid dienone is 1. The number of rotatable bonds is 4. The highest BCUT2D eigenvalue weighted by Gasteiger charge is 2.69. The first-order valence-electron chi connectivity index (χ1n) is 12.1. The summed E-state index contributed by atoms with van der Waals surface area (Å²) < 4.78 is 10.5. The molecule has 0 saturated heterocycles. The van der Waals surface area contributed by atoms with Crippen LogP contribution in [0.25, 0.3) is 0 Å². The molecule has 4 aliphatic rings. The number of hydrogen-bond acceptors (Lipinski definition) is 7. The first-order chi connectivity index (χ1) is 15.7. The van der Waals surface area contributed by atoms with Gasteiger partial charge in [-0.3, -0.25) is 14.4 Å². The number of fused-ring (bicyclic) bond motifs is 5. The third-order valence-corrected chi connectivity index (χ3v) is 9.44. The highest BCUT2D eigenvalue weighted by molar-refractivity contribution is 5.95. The van der Waals surface area contributed by atoms with Crippen LogP contribution in [0.4, 0.5) is 4.79 Å². The molecule has 3 fully saturated rings. The SMILES string of the molecule is CC(C)OC(=O)OC1(O)CC[C@H]2[C@@H]3C(C(=O)O)CC4=CC(=O)CC(C(=O)O)[C@]4(C)[C@@H]3CC[C@@]21C. The Hall–Kier alpha value is -2.42. The van der Waals surface area contributed by atoms with E-state index in [-0.39, 0.29) is 36.9 Å². The van der Waals surface area contributed by atoms with Crippen LogP contribution in [0.2, 0.25) is 0 Å². The van der Waals surface area contributed by atoms with Crippen LogP contribution in [0.5, 0.6) is 0 Å². The first-order valence-corrected chi connectivity index (χ1v) is 12.1. The minimum Gasteiger partial charge on any atom is -0.481 e. The molecular weight excluding hydrogens is 444 g/mol. The van der Waals surface area contributed by atoms with E-state index in [0.717, 1.165) is 0 Å². The smallest absolute Gasteiger partial charge is 0.481 e. The van der Waals surface area contributed by atoms with Crippen LogP contribution in [0, 0.1) is 40.4 Å². The predicted molar refractivity (Wildman–Crippen MR) is 117 cm³/mol. The van der Waals surface area contributed by atoms with Crippen LogP contribution in [-0.2, 0) is 23.9 Å². The van der Waals surface area contributed by atoms with Crippen molar-refractivity contribution in [2.75, 3.05) is 0 Å². The van der Waals surface area contributed by atoms with Gasteiger partial charge in [-0.2, -0.15) is 0 Å². The average molecular weight is 479 g/mol. The summed E-state index contributed by atoms with van der Waals surface area (Å²) in [5.74, 6) is -6.89. The molecule has 0 aromatic rings. The van der Waals surface area contributed by atoms with Gasteiger partial charge in [0.25, 0.3) is 0 Å². The lowest BCUT2D eigenvalue weighted by Crippen LogP contribution is -2.61. The lowest BCUT2D eigenvalue weighted by molar-refractivity contribution is -0.258. The van der Waals surface area contributed by atoms with Crippen molar-refractivity contribution >= 4 is 23.9 Å². The molecule has 188 valence electrons. The van der Waals surface area contributed by atoms with E-state index in [0.29, 0.717) is 24.8 Å². The molecule has 0 spiro atoms. The van der Waals surface area contributed by atoms with E-state index in [1.165, 1.54) is 6.08 Å². The van der Waals surface area contributed by atoms with Gasteiger partial charge < -0.3 is 24.8 Å². The van der Waals surface area contributed by atoms with Crippen molar-refractivity contribution in [3.8, 4) is 0 Å². The van der Waals surface area contributed by atoms with Gasteiger partial charge in [-0.25, -0.2) is 4.79 Å². The molecule has 9 nitrogen and oxygen atoms in total. The average Bonchev–Trinajstić information content (AvgIpc) is 2.97. The van der Waals surface area contributed by atoms with E-state index in [2.05, 4.69) is 0 Å². The highest BCUT2D eigenvalue weighted by atomic mass is 16.8. The van der Waals surface area contributed by atoms with Crippen LogP contribution in [0.1, 0.15) is 66.2 Å². The standard InChI is InChI=1S/C25H34O9/c1-12(2)33-22(31)34-25(32)8-6-16-19-15(20(27)28)10-13-9-14(26)11-18(21(29)30)24(13,4)17(19)5-7-23(16,25)3/h9,12,15-19,32H,5-8,10-11H2,1-4H3,(H,27,28)(H,29,30)/t15?,16-,17+,18?,19-,23-,24-,25?/m0/s1. The minimum atomic E-state index is -1.80. The zero-order chi connectivity index (χ0) is 25.2. The molecular formula is C25H34O9. The number of carboxylic acid groups (broad SMARTS) is 2. The van der Waals surface area contributed by atoms with Gasteiger partial charge in [-0.15, -0.1) is 0 Å². The van der Waals surface area contributed by atoms with Crippen molar-refractivity contribution in [3.05, 3.63) is 11.6 Å². The summed E-state index contributed by atoms with van der Waals surface area (Å²) in [6.45, 7) is 7.04. The maximum atomic E-state index is 12.4. The zero-order valence-electron chi connectivity index (χ0n) is 20.1. The van der Waals surface area contributed by atoms with Gasteiger partial charge in [-0.1, -0.05) is 19.4 Å². The monoisotopic (exact) mass is 478 g/mol. The second-order valence-corrected chi connectivity index (χ2v) is 11.3. The number of ether oxygens (including phenoxy) is 2. The minimum absolute atomic E-state index is 0.101. The zero-order valence-corrected chi connectivity index (χ0v) is 20.1. The van der Waals surface area contributed by atoms with Crippen molar-refractivity contribution in [1.29, 1.82) is 0 Å². The van der Waals surface area contributed by atoms with Crippen LogP contribution < -0.4 is 0 Å². The summed E-state index contributed by atoms with van der Waals surface area (Å²) in [4.78, 5) is 49.3. The van der Waals surface area contributed by atoms with Crippen molar-refractivity contribution in [1.82, 2.24) is 0 Å². The molecule has 3 saturated carbocycles. The summed E-state index contributed by atoms with van der Waals surface area (Å²) in [5.41, 5.74) is -1.15. The molecule has 4 rings (SSSR count). The molecule has 3 unspecified atom stereocenters. The summed E-state index contributed by atoms with van der Waals surface area (Å²) in [5, 5.41) is 31.7. The van der Waals surface area contributed by atoms with E-state index in [1.807, 2.05) is 13.8 Å². The normalized spacial score (nSPS) is 43.3. The Balaban J connectivity index is 1.75.